The normalized spacial score (nSPS) is 15.9. The van der Waals surface area contributed by atoms with Crippen LogP contribution < -0.4 is 15.5 Å². The van der Waals surface area contributed by atoms with Crippen LogP contribution in [0.2, 0.25) is 0 Å². The molecule has 3 aromatic heterocycles. The minimum absolute atomic E-state index is 0. The van der Waals surface area contributed by atoms with Crippen molar-refractivity contribution in [2.45, 2.75) is 44.3 Å². The first-order valence-electron chi connectivity index (χ1n) is 14.3. The molecule has 6 rings (SSSR count). The van der Waals surface area contributed by atoms with Crippen molar-refractivity contribution < 1.29 is 4.79 Å². The number of aromatic nitrogens is 6. The number of aromatic amines is 1. The number of urea groups is 1. The molecule has 1 fully saturated rings. The Hall–Kier alpha value is -5.21. The molecule has 1 aliphatic rings. The van der Waals surface area contributed by atoms with Crippen LogP contribution in [0.4, 0.5) is 16.4 Å². The summed E-state index contributed by atoms with van der Waals surface area (Å²) in [5.74, 6) is 0.468. The number of nitriles is 1. The van der Waals surface area contributed by atoms with Crippen molar-refractivity contribution in [2.75, 3.05) is 10.2 Å². The van der Waals surface area contributed by atoms with E-state index >= 15 is 0 Å². The first-order chi connectivity index (χ1) is 21.1. The highest BCUT2D eigenvalue weighted by Gasteiger charge is 2.30. The largest absolute Gasteiger partial charge is 0.351 e. The summed E-state index contributed by atoms with van der Waals surface area (Å²) in [6.07, 6.45) is 11.8. The number of nitrogens with one attached hydrogen (secondary N) is 3. The monoisotopic (exact) mass is 608 g/mol. The first kappa shape index (κ1) is 30.3. The van der Waals surface area contributed by atoms with Gasteiger partial charge in [0.15, 0.2) is 0 Å². The lowest BCUT2D eigenvalue weighted by Crippen LogP contribution is -2.48. The number of halogens is 1. The lowest BCUT2D eigenvalue weighted by atomic mass is 9.90. The second-order valence-corrected chi connectivity index (χ2v) is 10.6. The number of H-pyrrole nitrogens is 1. The van der Waals surface area contributed by atoms with E-state index in [0.29, 0.717) is 29.4 Å². The molecule has 0 spiro atoms. The highest BCUT2D eigenvalue weighted by molar-refractivity contribution is 5.93. The number of hydrogen-bond donors (Lipinski definition) is 3. The molecule has 0 aliphatic heterocycles. The van der Waals surface area contributed by atoms with Gasteiger partial charge in [-0.3, -0.25) is 9.58 Å². The van der Waals surface area contributed by atoms with Crippen molar-refractivity contribution in [3.8, 4) is 28.6 Å². The number of imidazole rings is 1. The Labute approximate surface area is 261 Å². The van der Waals surface area contributed by atoms with E-state index in [2.05, 4.69) is 41.7 Å². The summed E-state index contributed by atoms with van der Waals surface area (Å²) in [6, 6.07) is 20.2. The Morgan fingerprint density at radius 3 is 2.48 bits per heavy atom. The molecule has 2 amide bonds. The van der Waals surface area contributed by atoms with E-state index in [4.69, 9.17) is 0 Å². The average Bonchev–Trinajstić information content (AvgIpc) is 3.74. The number of rotatable bonds is 8. The molecule has 44 heavy (non-hydrogen) atoms. The van der Waals surface area contributed by atoms with Crippen molar-refractivity contribution in [1.82, 2.24) is 35.0 Å². The van der Waals surface area contributed by atoms with Gasteiger partial charge in [-0.05, 0) is 48.9 Å². The van der Waals surface area contributed by atoms with Crippen LogP contribution in [0.15, 0.2) is 85.7 Å². The summed E-state index contributed by atoms with van der Waals surface area (Å²) in [5, 5.41) is 20.4. The van der Waals surface area contributed by atoms with Crippen molar-refractivity contribution in [2.24, 2.45) is 7.05 Å². The molecular formula is C32H33ClN10O. The maximum atomic E-state index is 13.7. The molecule has 11 nitrogen and oxygen atoms in total. The number of hydrogen-bond acceptors (Lipinski definition) is 7. The van der Waals surface area contributed by atoms with Crippen LogP contribution in [-0.2, 0) is 13.6 Å². The van der Waals surface area contributed by atoms with Crippen LogP contribution in [0.25, 0.3) is 22.5 Å². The highest BCUT2D eigenvalue weighted by atomic mass is 35.5. The van der Waals surface area contributed by atoms with E-state index in [1.54, 1.807) is 17.2 Å². The third kappa shape index (κ3) is 6.88. The molecule has 0 radical (unpaired) electrons. The topological polar surface area (TPSA) is 140 Å². The fourth-order valence-corrected chi connectivity index (χ4v) is 5.52. The zero-order chi connectivity index (χ0) is 29.6. The number of benzene rings is 2. The molecular weight excluding hydrogens is 576 g/mol. The molecule has 1 aliphatic carbocycles. The minimum atomic E-state index is -0.117. The van der Waals surface area contributed by atoms with Gasteiger partial charge in [0.05, 0.1) is 36.2 Å². The van der Waals surface area contributed by atoms with Gasteiger partial charge in [-0.15, -0.1) is 12.4 Å². The molecule has 0 bridgehead atoms. The van der Waals surface area contributed by atoms with E-state index in [1.165, 1.54) is 6.20 Å². The van der Waals surface area contributed by atoms with Gasteiger partial charge >= 0.3 is 6.03 Å². The summed E-state index contributed by atoms with van der Waals surface area (Å²) in [6.45, 7) is 0.454. The van der Waals surface area contributed by atoms with Crippen molar-refractivity contribution in [3.05, 3.63) is 96.8 Å². The van der Waals surface area contributed by atoms with E-state index in [-0.39, 0.29) is 30.5 Å². The second-order valence-electron chi connectivity index (χ2n) is 10.6. The van der Waals surface area contributed by atoms with Gasteiger partial charge in [0.2, 0.25) is 5.95 Å². The third-order valence-corrected chi connectivity index (χ3v) is 7.75. The van der Waals surface area contributed by atoms with Crippen LogP contribution in [-0.4, -0.2) is 47.8 Å². The zero-order valence-corrected chi connectivity index (χ0v) is 25.0. The zero-order valence-electron chi connectivity index (χ0n) is 24.2. The number of carbonyl (C=O) groups is 1. The highest BCUT2D eigenvalue weighted by Crippen LogP contribution is 2.31. The summed E-state index contributed by atoms with van der Waals surface area (Å²) in [4.78, 5) is 31.6. The number of nitrogens with zero attached hydrogens (tertiary/aromatic N) is 7. The SMILES string of the molecule is Cl.Cn1cc(-c2ccc(N(C(=O)NCc3ccccc3)[C@H]3CC[C@H](Nc4ncc(C#N)c(-c5cnc[nH]5)n4)CC3)cc2)cn1. The maximum absolute atomic E-state index is 13.7. The van der Waals surface area contributed by atoms with Gasteiger partial charge in [0, 0.05) is 43.1 Å². The van der Waals surface area contributed by atoms with Crippen LogP contribution in [0.3, 0.4) is 0 Å². The van der Waals surface area contributed by atoms with E-state index < -0.39 is 0 Å². The maximum Gasteiger partial charge on any atom is 0.322 e. The van der Waals surface area contributed by atoms with Crippen LogP contribution in [0.5, 0.6) is 0 Å². The fourth-order valence-electron chi connectivity index (χ4n) is 5.52. The van der Waals surface area contributed by atoms with Crippen molar-refractivity contribution in [3.63, 3.8) is 0 Å². The Kier molecular flexibility index (Phi) is 9.52. The van der Waals surface area contributed by atoms with Gasteiger partial charge in [-0.1, -0.05) is 42.5 Å². The Morgan fingerprint density at radius 1 is 1.05 bits per heavy atom. The molecule has 12 heteroatoms. The van der Waals surface area contributed by atoms with Crippen LogP contribution >= 0.6 is 12.4 Å². The quantitative estimate of drug-likeness (QED) is 0.205. The second kappa shape index (κ2) is 13.8. The van der Waals surface area contributed by atoms with E-state index in [9.17, 15) is 10.1 Å². The third-order valence-electron chi connectivity index (χ3n) is 7.75. The predicted octanol–water partition coefficient (Wildman–Crippen LogP) is 5.70. The van der Waals surface area contributed by atoms with Gasteiger partial charge in [0.1, 0.15) is 11.8 Å². The Balaban J connectivity index is 0.00000384. The van der Waals surface area contributed by atoms with E-state index in [1.807, 2.05) is 78.9 Å². The van der Waals surface area contributed by atoms with Gasteiger partial charge in [0.25, 0.3) is 0 Å². The number of amides is 2. The number of anilines is 2. The first-order valence-corrected chi connectivity index (χ1v) is 14.3. The molecule has 0 unspecified atom stereocenters. The molecule has 2 aromatic carbocycles. The summed E-state index contributed by atoms with van der Waals surface area (Å²) in [7, 11) is 1.90. The van der Waals surface area contributed by atoms with Crippen molar-refractivity contribution >= 4 is 30.1 Å². The molecule has 0 saturated heterocycles. The van der Waals surface area contributed by atoms with Gasteiger partial charge < -0.3 is 15.6 Å². The average molecular weight is 609 g/mol. The minimum Gasteiger partial charge on any atom is -0.351 e. The molecule has 1 saturated carbocycles. The smallest absolute Gasteiger partial charge is 0.322 e. The molecule has 3 N–H and O–H groups in total. The number of aryl methyl sites for hydroxylation is 1. The van der Waals surface area contributed by atoms with Crippen LogP contribution in [0, 0.1) is 11.3 Å². The molecule has 0 atom stereocenters. The van der Waals surface area contributed by atoms with Gasteiger partial charge in [-0.25, -0.2) is 19.7 Å². The van der Waals surface area contributed by atoms with Crippen molar-refractivity contribution in [1.29, 1.82) is 5.26 Å². The Bertz CT molecular complexity index is 1710. The molecule has 3 heterocycles. The summed E-state index contributed by atoms with van der Waals surface area (Å²) in [5.41, 5.74) is 5.54. The van der Waals surface area contributed by atoms with Gasteiger partial charge in [-0.2, -0.15) is 10.4 Å². The lowest BCUT2D eigenvalue weighted by molar-refractivity contribution is 0.240. The summed E-state index contributed by atoms with van der Waals surface area (Å²) >= 11 is 0. The lowest BCUT2D eigenvalue weighted by Gasteiger charge is -2.37. The predicted molar refractivity (Wildman–Crippen MR) is 171 cm³/mol. The van der Waals surface area contributed by atoms with Crippen LogP contribution in [0.1, 0.15) is 36.8 Å². The fraction of sp³-hybridized carbons (Fsp3) is 0.250. The molecule has 224 valence electrons. The van der Waals surface area contributed by atoms with E-state index in [0.717, 1.165) is 48.1 Å². The Morgan fingerprint density at radius 2 is 1.82 bits per heavy atom. The number of carbonyl (C=O) groups excluding carboxylic acids is 1. The standard InChI is InChI=1S/C32H32N10O.ClH/c1-41-20-25(18-38-41)23-7-11-27(12-8-23)42(32(43)36-16-22-5-3-2-4-6-22)28-13-9-26(10-14-28)39-31-35-17-24(15-33)30(40-31)29-19-34-21-37-29;/h2-8,11-12,17-21,26,28H,9-10,13-14,16H2,1H3,(H,34,37)(H,36,43)(H,35,39,40);1H/t26-,28-;. The molecule has 5 aromatic rings. The summed E-state index contributed by atoms with van der Waals surface area (Å²) < 4.78 is 1.78.